The lowest BCUT2D eigenvalue weighted by atomic mass is 10.4. The molecule has 2 aromatic heterocycles. The molecule has 0 aromatic carbocycles. The van der Waals surface area contributed by atoms with Crippen LogP contribution in [0.15, 0.2) is 12.3 Å². The summed E-state index contributed by atoms with van der Waals surface area (Å²) in [6.07, 6.45) is 1.98. The van der Waals surface area contributed by atoms with E-state index < -0.39 is 5.97 Å². The fourth-order valence-electron chi connectivity index (χ4n) is 1.45. The summed E-state index contributed by atoms with van der Waals surface area (Å²) < 4.78 is 2.51. The average Bonchev–Trinajstić information content (AvgIpc) is 2.66. The molecule has 6 nitrogen and oxygen atoms in total. The molecular weight excluding hydrogens is 186 g/mol. The van der Waals surface area contributed by atoms with Gasteiger partial charge in [-0.3, -0.25) is 14.0 Å². The van der Waals surface area contributed by atoms with Crippen molar-refractivity contribution in [3.63, 3.8) is 0 Å². The summed E-state index contributed by atoms with van der Waals surface area (Å²) >= 11 is 0. The van der Waals surface area contributed by atoms with Crippen molar-refractivity contribution >= 4 is 23.4 Å². The lowest BCUT2D eigenvalue weighted by molar-refractivity contribution is 0.0689. The number of aryl methyl sites for hydroxylation is 1. The summed E-state index contributed by atoms with van der Waals surface area (Å²) in [7, 11) is 1.65. The monoisotopic (exact) mass is 193 g/mol. The molecule has 6 heteroatoms. The molecule has 72 valence electrons. The quantitative estimate of drug-likeness (QED) is 0.687. The third-order valence-electron chi connectivity index (χ3n) is 2.04. The van der Waals surface area contributed by atoms with Crippen LogP contribution in [0.2, 0.25) is 0 Å². The number of carbonyl (C=O) groups is 2. The second kappa shape index (κ2) is 2.69. The maximum Gasteiger partial charge on any atom is 0.353 e. The van der Waals surface area contributed by atoms with Crippen LogP contribution in [-0.4, -0.2) is 31.8 Å². The normalized spacial score (nSPS) is 10.6. The zero-order chi connectivity index (χ0) is 10.3. The summed E-state index contributed by atoms with van der Waals surface area (Å²) in [6.45, 7) is 0. The Bertz CT molecular complexity index is 523. The Hall–Kier alpha value is -2.11. The largest absolute Gasteiger partial charge is 0.477 e. The molecule has 0 radical (unpaired) electrons. The highest BCUT2D eigenvalue weighted by atomic mass is 16.4. The van der Waals surface area contributed by atoms with Crippen molar-refractivity contribution in [1.29, 1.82) is 0 Å². The minimum absolute atomic E-state index is 0.0528. The van der Waals surface area contributed by atoms with Crippen LogP contribution in [0, 0.1) is 0 Å². The lowest BCUT2D eigenvalue weighted by Gasteiger charge is -1.98. The van der Waals surface area contributed by atoms with E-state index in [2.05, 4.69) is 5.10 Å². The van der Waals surface area contributed by atoms with Crippen molar-refractivity contribution < 1.29 is 14.7 Å². The number of carbonyl (C=O) groups excluding carboxylic acids is 1. The number of aromatic nitrogens is 3. The average molecular weight is 193 g/mol. The number of hydrogen-bond acceptors (Lipinski definition) is 3. The number of nitrogens with zero attached hydrogens (tertiary/aromatic N) is 3. The standard InChI is InChI=1S/C8H7N3O3/c1-10-7-5(3-9-10)2-6(8(13)14)11(7)4-12/h2-4H,1H3,(H,13,14). The Labute approximate surface area is 78.4 Å². The van der Waals surface area contributed by atoms with Crippen molar-refractivity contribution in [3.8, 4) is 0 Å². The van der Waals surface area contributed by atoms with Gasteiger partial charge in [0.2, 0.25) is 6.41 Å². The van der Waals surface area contributed by atoms with Crippen molar-refractivity contribution in [1.82, 2.24) is 14.3 Å². The van der Waals surface area contributed by atoms with Gasteiger partial charge in [0.15, 0.2) is 0 Å². The number of carboxylic acids is 1. The highest BCUT2D eigenvalue weighted by Crippen LogP contribution is 2.17. The molecule has 0 amide bonds. The van der Waals surface area contributed by atoms with Crippen LogP contribution in [-0.2, 0) is 11.8 Å². The molecule has 2 aromatic rings. The van der Waals surface area contributed by atoms with E-state index in [1.54, 1.807) is 7.05 Å². The Morgan fingerprint density at radius 3 is 2.93 bits per heavy atom. The smallest absolute Gasteiger partial charge is 0.353 e. The summed E-state index contributed by atoms with van der Waals surface area (Å²) in [5.41, 5.74) is 0.431. The van der Waals surface area contributed by atoms with E-state index in [0.717, 1.165) is 4.57 Å². The third-order valence-corrected chi connectivity index (χ3v) is 2.04. The molecule has 0 saturated carbocycles. The molecule has 1 N–H and O–H groups in total. The maximum absolute atomic E-state index is 10.8. The fourth-order valence-corrected chi connectivity index (χ4v) is 1.45. The van der Waals surface area contributed by atoms with Gasteiger partial charge in [-0.15, -0.1) is 0 Å². The van der Waals surface area contributed by atoms with E-state index in [-0.39, 0.29) is 5.69 Å². The molecule has 0 fully saturated rings. The van der Waals surface area contributed by atoms with E-state index in [4.69, 9.17) is 5.11 Å². The second-order valence-corrected chi connectivity index (χ2v) is 2.86. The van der Waals surface area contributed by atoms with Crippen LogP contribution in [0.1, 0.15) is 10.5 Å². The highest BCUT2D eigenvalue weighted by Gasteiger charge is 2.16. The summed E-state index contributed by atoms with van der Waals surface area (Å²) in [5, 5.41) is 13.3. The number of hydrogen-bond donors (Lipinski definition) is 1. The molecule has 0 atom stereocenters. The van der Waals surface area contributed by atoms with E-state index in [1.807, 2.05) is 0 Å². The predicted molar refractivity (Wildman–Crippen MR) is 47.8 cm³/mol. The first-order valence-corrected chi connectivity index (χ1v) is 3.86. The van der Waals surface area contributed by atoms with Gasteiger partial charge in [0, 0.05) is 12.4 Å². The van der Waals surface area contributed by atoms with E-state index in [9.17, 15) is 9.59 Å². The number of carboxylic acid groups (broad SMARTS) is 1. The molecule has 0 saturated heterocycles. The minimum atomic E-state index is -1.13. The predicted octanol–water partition coefficient (Wildman–Crippen LogP) is 0.111. The van der Waals surface area contributed by atoms with Crippen LogP contribution in [0.3, 0.4) is 0 Å². The first kappa shape index (κ1) is 8.49. The van der Waals surface area contributed by atoms with E-state index in [1.165, 1.54) is 16.9 Å². The summed E-state index contributed by atoms with van der Waals surface area (Å²) in [6, 6.07) is 1.42. The summed E-state index contributed by atoms with van der Waals surface area (Å²) in [5.74, 6) is -1.13. The third kappa shape index (κ3) is 0.936. The van der Waals surface area contributed by atoms with Crippen LogP contribution in [0.5, 0.6) is 0 Å². The molecular formula is C8H7N3O3. The van der Waals surface area contributed by atoms with Gasteiger partial charge in [-0.2, -0.15) is 5.10 Å². The van der Waals surface area contributed by atoms with Gasteiger partial charge in [-0.25, -0.2) is 4.79 Å². The fraction of sp³-hybridized carbons (Fsp3) is 0.125. The van der Waals surface area contributed by atoms with Gasteiger partial charge >= 0.3 is 5.97 Å². The first-order chi connectivity index (χ1) is 6.65. The molecule has 0 aliphatic rings. The Morgan fingerprint density at radius 2 is 2.36 bits per heavy atom. The highest BCUT2D eigenvalue weighted by molar-refractivity contribution is 5.97. The van der Waals surface area contributed by atoms with Crippen molar-refractivity contribution in [3.05, 3.63) is 18.0 Å². The maximum atomic E-state index is 10.8. The first-order valence-electron chi connectivity index (χ1n) is 3.86. The summed E-state index contributed by atoms with van der Waals surface area (Å²) in [4.78, 5) is 21.5. The molecule has 2 rings (SSSR count). The molecule has 0 spiro atoms. The van der Waals surface area contributed by atoms with E-state index >= 15 is 0 Å². The number of rotatable bonds is 2. The van der Waals surface area contributed by atoms with Gasteiger partial charge < -0.3 is 5.11 Å². The van der Waals surface area contributed by atoms with Gasteiger partial charge in [0.05, 0.1) is 6.20 Å². The van der Waals surface area contributed by atoms with E-state index in [0.29, 0.717) is 17.4 Å². The Balaban J connectivity index is 2.87. The van der Waals surface area contributed by atoms with Gasteiger partial charge in [0.1, 0.15) is 11.3 Å². The second-order valence-electron chi connectivity index (χ2n) is 2.86. The van der Waals surface area contributed by atoms with Crippen LogP contribution >= 0.6 is 0 Å². The van der Waals surface area contributed by atoms with Crippen molar-refractivity contribution in [2.45, 2.75) is 0 Å². The van der Waals surface area contributed by atoms with Crippen LogP contribution in [0.4, 0.5) is 0 Å². The topological polar surface area (TPSA) is 77.1 Å². The van der Waals surface area contributed by atoms with Crippen LogP contribution in [0.25, 0.3) is 11.0 Å². The number of aromatic carboxylic acids is 1. The molecule has 14 heavy (non-hydrogen) atoms. The Kier molecular flexibility index (Phi) is 1.63. The van der Waals surface area contributed by atoms with Crippen LogP contribution < -0.4 is 0 Å². The zero-order valence-electron chi connectivity index (χ0n) is 7.34. The Morgan fingerprint density at radius 1 is 1.64 bits per heavy atom. The molecule has 0 aliphatic carbocycles. The zero-order valence-corrected chi connectivity index (χ0v) is 7.34. The van der Waals surface area contributed by atoms with Gasteiger partial charge in [0.25, 0.3) is 0 Å². The molecule has 0 bridgehead atoms. The molecule has 2 heterocycles. The minimum Gasteiger partial charge on any atom is -0.477 e. The van der Waals surface area contributed by atoms with Gasteiger partial charge in [-0.1, -0.05) is 0 Å². The molecule has 0 aliphatic heterocycles. The van der Waals surface area contributed by atoms with Crippen molar-refractivity contribution in [2.24, 2.45) is 7.05 Å². The lowest BCUT2D eigenvalue weighted by Crippen LogP contribution is -2.09. The SMILES string of the molecule is Cn1ncc2cc(C(=O)O)n(C=O)c21. The number of fused-ring (bicyclic) bond motifs is 1. The van der Waals surface area contributed by atoms with Crippen molar-refractivity contribution in [2.75, 3.05) is 0 Å². The molecule has 0 unspecified atom stereocenters. The van der Waals surface area contributed by atoms with Gasteiger partial charge in [-0.05, 0) is 6.07 Å².